The van der Waals surface area contributed by atoms with Crippen molar-refractivity contribution in [2.75, 3.05) is 18.0 Å². The molecule has 17 heavy (non-hydrogen) atoms. The third-order valence-corrected chi connectivity index (χ3v) is 3.65. The van der Waals surface area contributed by atoms with Crippen molar-refractivity contribution in [3.8, 4) is 0 Å². The number of allylic oxidation sites excluding steroid dienone is 1. The fraction of sp³-hybridized carbons (Fsp3) is 0.500. The second kappa shape index (κ2) is 5.82. The molecule has 1 aliphatic rings. The maximum Gasteiger partial charge on any atom is 0.220 e. The highest BCUT2D eigenvalue weighted by atomic mass is 32.1. The average molecular weight is 251 g/mol. The molecule has 1 aromatic heterocycles. The zero-order chi connectivity index (χ0) is 12.1. The number of thiazole rings is 1. The van der Waals surface area contributed by atoms with Crippen molar-refractivity contribution in [1.29, 1.82) is 0 Å². The summed E-state index contributed by atoms with van der Waals surface area (Å²) < 4.78 is 0. The van der Waals surface area contributed by atoms with Gasteiger partial charge in [-0.2, -0.15) is 0 Å². The molecule has 0 unspecified atom stereocenters. The molecule has 1 N–H and O–H groups in total. The molecule has 1 atom stereocenters. The van der Waals surface area contributed by atoms with Gasteiger partial charge in [0.05, 0.1) is 0 Å². The topological polar surface area (TPSA) is 45.2 Å². The molecule has 1 aromatic rings. The van der Waals surface area contributed by atoms with E-state index in [-0.39, 0.29) is 11.9 Å². The van der Waals surface area contributed by atoms with Crippen molar-refractivity contribution in [1.82, 2.24) is 10.3 Å². The van der Waals surface area contributed by atoms with E-state index in [0.717, 1.165) is 31.1 Å². The minimum atomic E-state index is 0.121. The predicted molar refractivity (Wildman–Crippen MR) is 70.3 cm³/mol. The van der Waals surface area contributed by atoms with Gasteiger partial charge in [0.2, 0.25) is 5.91 Å². The lowest BCUT2D eigenvalue weighted by Crippen LogP contribution is -2.36. The molecule has 1 amide bonds. The standard InChI is InChI=1S/C12H17N3OS/c1-2-3-4-11(16)14-10-5-7-15(9-10)12-13-6-8-17-12/h2,6,8,10H,1,3-5,7,9H2,(H,14,16)/t10-/m1/s1. The molecule has 0 spiro atoms. The summed E-state index contributed by atoms with van der Waals surface area (Å²) in [6.07, 6.45) is 5.87. The number of hydrogen-bond donors (Lipinski definition) is 1. The van der Waals surface area contributed by atoms with E-state index in [0.29, 0.717) is 6.42 Å². The summed E-state index contributed by atoms with van der Waals surface area (Å²) in [4.78, 5) is 18.1. The normalized spacial score (nSPS) is 19.3. The lowest BCUT2D eigenvalue weighted by molar-refractivity contribution is -0.121. The first-order valence-corrected chi connectivity index (χ1v) is 6.72. The van der Waals surface area contributed by atoms with Crippen LogP contribution in [-0.2, 0) is 4.79 Å². The van der Waals surface area contributed by atoms with Gasteiger partial charge in [-0.1, -0.05) is 6.08 Å². The first-order chi connectivity index (χ1) is 8.29. The van der Waals surface area contributed by atoms with Crippen LogP contribution in [-0.4, -0.2) is 30.0 Å². The second-order valence-electron chi connectivity index (χ2n) is 4.14. The van der Waals surface area contributed by atoms with E-state index in [4.69, 9.17) is 0 Å². The molecule has 0 saturated carbocycles. The Morgan fingerprint density at radius 1 is 1.76 bits per heavy atom. The van der Waals surface area contributed by atoms with Gasteiger partial charge in [0.15, 0.2) is 5.13 Å². The summed E-state index contributed by atoms with van der Waals surface area (Å²) in [5.41, 5.74) is 0. The number of carbonyl (C=O) groups is 1. The molecule has 1 aliphatic heterocycles. The highest BCUT2D eigenvalue weighted by Crippen LogP contribution is 2.22. The van der Waals surface area contributed by atoms with Gasteiger partial charge in [0.25, 0.3) is 0 Å². The number of hydrogen-bond acceptors (Lipinski definition) is 4. The van der Waals surface area contributed by atoms with Crippen LogP contribution in [0.15, 0.2) is 24.2 Å². The van der Waals surface area contributed by atoms with E-state index in [1.54, 1.807) is 17.4 Å². The molecule has 0 aromatic carbocycles. The first kappa shape index (κ1) is 12.1. The Kier molecular flexibility index (Phi) is 4.14. The molecule has 0 radical (unpaired) electrons. The highest BCUT2D eigenvalue weighted by Gasteiger charge is 2.24. The monoisotopic (exact) mass is 251 g/mol. The summed E-state index contributed by atoms with van der Waals surface area (Å²) in [5, 5.41) is 6.08. The molecule has 0 bridgehead atoms. The molecule has 92 valence electrons. The van der Waals surface area contributed by atoms with Gasteiger partial charge >= 0.3 is 0 Å². The van der Waals surface area contributed by atoms with E-state index in [1.165, 1.54) is 0 Å². The minimum Gasteiger partial charge on any atom is -0.352 e. The number of anilines is 1. The SMILES string of the molecule is C=CCCC(=O)N[C@@H]1CCN(c2nccs2)C1. The van der Waals surface area contributed by atoms with Crippen molar-refractivity contribution in [2.24, 2.45) is 0 Å². The van der Waals surface area contributed by atoms with Crippen molar-refractivity contribution in [2.45, 2.75) is 25.3 Å². The number of rotatable bonds is 5. The minimum absolute atomic E-state index is 0.121. The van der Waals surface area contributed by atoms with Gasteiger partial charge in [0.1, 0.15) is 0 Å². The van der Waals surface area contributed by atoms with E-state index in [9.17, 15) is 4.79 Å². The largest absolute Gasteiger partial charge is 0.352 e. The Labute approximate surface area is 105 Å². The Bertz CT molecular complexity index is 377. The van der Waals surface area contributed by atoms with Crippen LogP contribution in [0.1, 0.15) is 19.3 Å². The predicted octanol–water partition coefficient (Wildman–Crippen LogP) is 1.80. The Morgan fingerprint density at radius 2 is 2.65 bits per heavy atom. The molecule has 1 saturated heterocycles. The van der Waals surface area contributed by atoms with Crippen molar-refractivity contribution >= 4 is 22.4 Å². The smallest absolute Gasteiger partial charge is 0.220 e. The van der Waals surface area contributed by atoms with Crippen molar-refractivity contribution in [3.05, 3.63) is 24.2 Å². The van der Waals surface area contributed by atoms with E-state index < -0.39 is 0 Å². The highest BCUT2D eigenvalue weighted by molar-refractivity contribution is 7.13. The average Bonchev–Trinajstić information content (AvgIpc) is 2.95. The van der Waals surface area contributed by atoms with Gasteiger partial charge in [-0.3, -0.25) is 4.79 Å². The molecular formula is C12H17N3OS. The zero-order valence-corrected chi connectivity index (χ0v) is 10.6. The number of nitrogens with zero attached hydrogens (tertiary/aromatic N) is 2. The molecule has 5 heteroatoms. The molecule has 2 heterocycles. The Balaban J connectivity index is 1.78. The van der Waals surface area contributed by atoms with Crippen molar-refractivity contribution < 1.29 is 4.79 Å². The van der Waals surface area contributed by atoms with E-state index in [1.807, 2.05) is 11.6 Å². The summed E-state index contributed by atoms with van der Waals surface area (Å²) >= 11 is 1.64. The number of nitrogens with one attached hydrogen (secondary N) is 1. The van der Waals surface area contributed by atoms with Crippen LogP contribution in [0.2, 0.25) is 0 Å². The zero-order valence-electron chi connectivity index (χ0n) is 9.76. The fourth-order valence-corrected chi connectivity index (χ4v) is 2.64. The number of aromatic nitrogens is 1. The van der Waals surface area contributed by atoms with Crippen LogP contribution in [0.4, 0.5) is 5.13 Å². The lowest BCUT2D eigenvalue weighted by atomic mass is 10.2. The molecule has 0 aliphatic carbocycles. The molecular weight excluding hydrogens is 234 g/mol. The Morgan fingerprint density at radius 3 is 3.35 bits per heavy atom. The summed E-state index contributed by atoms with van der Waals surface area (Å²) in [7, 11) is 0. The molecule has 4 nitrogen and oxygen atoms in total. The summed E-state index contributed by atoms with van der Waals surface area (Å²) in [6, 6.07) is 0.260. The Hall–Kier alpha value is -1.36. The lowest BCUT2D eigenvalue weighted by Gasteiger charge is -2.15. The maximum atomic E-state index is 11.6. The second-order valence-corrected chi connectivity index (χ2v) is 5.01. The van der Waals surface area contributed by atoms with Gasteiger partial charge in [0, 0.05) is 37.1 Å². The van der Waals surface area contributed by atoms with Gasteiger partial charge in [-0.05, 0) is 12.8 Å². The third-order valence-electron chi connectivity index (χ3n) is 2.82. The molecule has 1 fully saturated rings. The van der Waals surface area contributed by atoms with Crippen LogP contribution >= 0.6 is 11.3 Å². The van der Waals surface area contributed by atoms with Gasteiger partial charge in [-0.15, -0.1) is 17.9 Å². The quantitative estimate of drug-likeness (QED) is 0.812. The van der Waals surface area contributed by atoms with Crippen LogP contribution in [0.25, 0.3) is 0 Å². The van der Waals surface area contributed by atoms with Gasteiger partial charge < -0.3 is 10.2 Å². The van der Waals surface area contributed by atoms with Crippen LogP contribution < -0.4 is 10.2 Å². The number of amides is 1. The number of carbonyl (C=O) groups excluding carboxylic acids is 1. The fourth-order valence-electron chi connectivity index (χ4n) is 1.96. The molecule has 2 rings (SSSR count). The summed E-state index contributed by atoms with van der Waals surface area (Å²) in [6.45, 7) is 5.46. The summed E-state index contributed by atoms with van der Waals surface area (Å²) in [5.74, 6) is 0.121. The first-order valence-electron chi connectivity index (χ1n) is 5.84. The van der Waals surface area contributed by atoms with E-state index in [2.05, 4.69) is 21.8 Å². The van der Waals surface area contributed by atoms with Crippen molar-refractivity contribution in [3.63, 3.8) is 0 Å². The van der Waals surface area contributed by atoms with Crippen LogP contribution in [0.5, 0.6) is 0 Å². The van der Waals surface area contributed by atoms with Crippen LogP contribution in [0.3, 0.4) is 0 Å². The van der Waals surface area contributed by atoms with Crippen LogP contribution in [0, 0.1) is 0 Å². The maximum absolute atomic E-state index is 11.6. The van der Waals surface area contributed by atoms with Gasteiger partial charge in [-0.25, -0.2) is 4.98 Å². The van der Waals surface area contributed by atoms with E-state index >= 15 is 0 Å². The third kappa shape index (κ3) is 3.30.